The van der Waals surface area contributed by atoms with Crippen molar-refractivity contribution in [1.29, 1.82) is 0 Å². The van der Waals surface area contributed by atoms with Gasteiger partial charge in [0.25, 0.3) is 5.56 Å². The van der Waals surface area contributed by atoms with Crippen molar-refractivity contribution in [2.75, 3.05) is 5.43 Å². The molecule has 23 heavy (non-hydrogen) atoms. The highest BCUT2D eigenvalue weighted by molar-refractivity contribution is 6.02. The lowest BCUT2D eigenvalue weighted by Crippen LogP contribution is -2.11. The van der Waals surface area contributed by atoms with E-state index in [1.807, 2.05) is 31.2 Å². The standard InChI is InChI=1S/C17H18N4O2/c1-4-12-13-7-5-6-8-14(13)23-16(12)11(3)20-21-17-18-10(2)9-15(22)19-17/h5-9H,4H2,1-3H3,(H2,18,19,21,22)/b20-11-. The maximum atomic E-state index is 11.4. The molecule has 0 spiro atoms. The van der Waals surface area contributed by atoms with Gasteiger partial charge in [-0.3, -0.25) is 9.78 Å². The molecule has 2 aromatic heterocycles. The SMILES string of the molecule is CCc1c(/C(C)=N\Nc2nc(C)cc(=O)[nH]2)oc2ccccc12. The van der Waals surface area contributed by atoms with Gasteiger partial charge in [0.2, 0.25) is 5.95 Å². The first-order valence-electron chi connectivity index (χ1n) is 7.47. The van der Waals surface area contributed by atoms with Gasteiger partial charge < -0.3 is 4.42 Å². The van der Waals surface area contributed by atoms with Crippen LogP contribution in [0.15, 0.2) is 44.6 Å². The molecular weight excluding hydrogens is 292 g/mol. The highest BCUT2D eigenvalue weighted by Gasteiger charge is 2.14. The van der Waals surface area contributed by atoms with Crippen LogP contribution in [0, 0.1) is 6.92 Å². The van der Waals surface area contributed by atoms with Crippen LogP contribution in [-0.4, -0.2) is 15.7 Å². The quantitative estimate of drug-likeness (QED) is 0.572. The molecule has 3 aromatic rings. The Morgan fingerprint density at radius 2 is 2.17 bits per heavy atom. The number of H-pyrrole nitrogens is 1. The van der Waals surface area contributed by atoms with Gasteiger partial charge in [-0.25, -0.2) is 10.4 Å². The summed E-state index contributed by atoms with van der Waals surface area (Å²) in [5.41, 5.74) is 5.85. The Kier molecular flexibility index (Phi) is 3.97. The zero-order valence-electron chi connectivity index (χ0n) is 13.3. The van der Waals surface area contributed by atoms with Crippen LogP contribution in [0.3, 0.4) is 0 Å². The van der Waals surface area contributed by atoms with E-state index >= 15 is 0 Å². The topological polar surface area (TPSA) is 83.3 Å². The van der Waals surface area contributed by atoms with Crippen molar-refractivity contribution in [3.63, 3.8) is 0 Å². The van der Waals surface area contributed by atoms with E-state index in [-0.39, 0.29) is 5.56 Å². The molecule has 0 radical (unpaired) electrons. The molecule has 0 amide bonds. The molecule has 0 aliphatic heterocycles. The fourth-order valence-electron chi connectivity index (χ4n) is 2.56. The summed E-state index contributed by atoms with van der Waals surface area (Å²) in [7, 11) is 0. The number of anilines is 1. The molecule has 0 bridgehead atoms. The van der Waals surface area contributed by atoms with Gasteiger partial charge >= 0.3 is 0 Å². The van der Waals surface area contributed by atoms with Crippen molar-refractivity contribution < 1.29 is 4.42 Å². The van der Waals surface area contributed by atoms with E-state index in [9.17, 15) is 4.79 Å². The third-order valence-electron chi connectivity index (χ3n) is 3.58. The van der Waals surface area contributed by atoms with Gasteiger partial charge in [0, 0.05) is 22.7 Å². The summed E-state index contributed by atoms with van der Waals surface area (Å²) in [6.45, 7) is 5.70. The maximum absolute atomic E-state index is 11.4. The number of fused-ring (bicyclic) bond motifs is 1. The largest absolute Gasteiger partial charge is 0.454 e. The van der Waals surface area contributed by atoms with Gasteiger partial charge in [-0.1, -0.05) is 25.1 Å². The zero-order valence-corrected chi connectivity index (χ0v) is 13.3. The number of hydrogen-bond acceptors (Lipinski definition) is 5. The number of benzene rings is 1. The van der Waals surface area contributed by atoms with Crippen molar-refractivity contribution >= 4 is 22.6 Å². The van der Waals surface area contributed by atoms with E-state index in [1.54, 1.807) is 6.92 Å². The molecule has 0 fully saturated rings. The van der Waals surface area contributed by atoms with Gasteiger partial charge in [0.1, 0.15) is 11.3 Å². The lowest BCUT2D eigenvalue weighted by atomic mass is 10.1. The molecule has 0 aliphatic carbocycles. The minimum Gasteiger partial charge on any atom is -0.454 e. The smallest absolute Gasteiger partial charge is 0.252 e. The van der Waals surface area contributed by atoms with E-state index in [4.69, 9.17) is 4.42 Å². The number of nitrogens with zero attached hydrogens (tertiary/aromatic N) is 2. The molecule has 2 N–H and O–H groups in total. The van der Waals surface area contributed by atoms with Crippen LogP contribution in [0.4, 0.5) is 5.95 Å². The van der Waals surface area contributed by atoms with Crippen molar-refractivity contribution in [1.82, 2.24) is 9.97 Å². The average molecular weight is 310 g/mol. The number of hydrogen-bond donors (Lipinski definition) is 2. The van der Waals surface area contributed by atoms with Crippen molar-refractivity contribution in [3.8, 4) is 0 Å². The first-order valence-corrected chi connectivity index (χ1v) is 7.47. The summed E-state index contributed by atoms with van der Waals surface area (Å²) < 4.78 is 5.92. The fourth-order valence-corrected chi connectivity index (χ4v) is 2.56. The van der Waals surface area contributed by atoms with Gasteiger partial charge in [-0.15, -0.1) is 0 Å². The predicted molar refractivity (Wildman–Crippen MR) is 91.0 cm³/mol. The van der Waals surface area contributed by atoms with E-state index in [2.05, 4.69) is 27.4 Å². The van der Waals surface area contributed by atoms with Crippen molar-refractivity contribution in [3.05, 3.63) is 57.7 Å². The molecule has 6 nitrogen and oxygen atoms in total. The van der Waals surface area contributed by atoms with Crippen molar-refractivity contribution in [2.45, 2.75) is 27.2 Å². The average Bonchev–Trinajstić information content (AvgIpc) is 2.90. The first kappa shape index (κ1) is 15.0. The minimum atomic E-state index is -0.217. The Labute approximate surface area is 133 Å². The number of aromatic nitrogens is 2. The van der Waals surface area contributed by atoms with Crippen LogP contribution in [0.2, 0.25) is 0 Å². The highest BCUT2D eigenvalue weighted by Crippen LogP contribution is 2.26. The summed E-state index contributed by atoms with van der Waals surface area (Å²) in [5.74, 6) is 1.06. The second-order valence-corrected chi connectivity index (χ2v) is 5.30. The summed E-state index contributed by atoms with van der Waals surface area (Å²) in [6.07, 6.45) is 0.846. The molecule has 0 saturated heterocycles. The van der Waals surface area contributed by atoms with E-state index in [0.29, 0.717) is 17.4 Å². The predicted octanol–water partition coefficient (Wildman–Crippen LogP) is 3.22. The maximum Gasteiger partial charge on any atom is 0.252 e. The monoisotopic (exact) mass is 310 g/mol. The molecule has 0 aliphatic rings. The Morgan fingerprint density at radius 3 is 2.91 bits per heavy atom. The van der Waals surface area contributed by atoms with E-state index in [0.717, 1.165) is 28.7 Å². The third kappa shape index (κ3) is 3.01. The van der Waals surface area contributed by atoms with Gasteiger partial charge in [0.15, 0.2) is 5.76 Å². The Morgan fingerprint density at radius 1 is 1.39 bits per heavy atom. The van der Waals surface area contributed by atoms with Crippen LogP contribution in [0.5, 0.6) is 0 Å². The number of aromatic amines is 1. The molecular formula is C17H18N4O2. The zero-order chi connectivity index (χ0) is 16.4. The number of nitrogens with one attached hydrogen (secondary N) is 2. The summed E-state index contributed by atoms with van der Waals surface area (Å²) in [5, 5.41) is 5.39. The van der Waals surface area contributed by atoms with Crippen LogP contribution in [-0.2, 0) is 6.42 Å². The molecule has 0 unspecified atom stereocenters. The molecule has 0 saturated carbocycles. The van der Waals surface area contributed by atoms with Gasteiger partial charge in [-0.2, -0.15) is 5.10 Å². The van der Waals surface area contributed by atoms with E-state index in [1.165, 1.54) is 6.07 Å². The normalized spacial score (nSPS) is 11.9. The Bertz CT molecular complexity index is 937. The highest BCUT2D eigenvalue weighted by atomic mass is 16.3. The summed E-state index contributed by atoms with van der Waals surface area (Å²) in [4.78, 5) is 18.2. The van der Waals surface area contributed by atoms with Crippen LogP contribution < -0.4 is 11.0 Å². The van der Waals surface area contributed by atoms with Crippen LogP contribution in [0.25, 0.3) is 11.0 Å². The first-order chi connectivity index (χ1) is 11.1. The van der Waals surface area contributed by atoms with E-state index < -0.39 is 0 Å². The number of rotatable bonds is 4. The molecule has 118 valence electrons. The number of furan rings is 1. The molecule has 0 atom stereocenters. The lowest BCUT2D eigenvalue weighted by molar-refractivity contribution is 0.599. The second kappa shape index (κ2) is 6.08. The Hall–Kier alpha value is -2.89. The van der Waals surface area contributed by atoms with Gasteiger partial charge in [-0.05, 0) is 26.3 Å². The molecule has 6 heteroatoms. The van der Waals surface area contributed by atoms with Gasteiger partial charge in [0.05, 0.1) is 0 Å². The third-order valence-corrected chi connectivity index (χ3v) is 3.58. The van der Waals surface area contributed by atoms with Crippen molar-refractivity contribution in [2.24, 2.45) is 5.10 Å². The summed E-state index contributed by atoms with van der Waals surface area (Å²) in [6, 6.07) is 9.35. The minimum absolute atomic E-state index is 0.217. The van der Waals surface area contributed by atoms with Crippen LogP contribution >= 0.6 is 0 Å². The number of aryl methyl sites for hydroxylation is 2. The number of para-hydroxylation sites is 1. The molecule has 2 heterocycles. The van der Waals surface area contributed by atoms with Crippen LogP contribution in [0.1, 0.15) is 30.9 Å². The number of hydrazone groups is 1. The Balaban J connectivity index is 1.96. The summed E-state index contributed by atoms with van der Waals surface area (Å²) >= 11 is 0. The lowest BCUT2D eigenvalue weighted by Gasteiger charge is -2.03. The molecule has 1 aromatic carbocycles. The molecule has 3 rings (SSSR count). The second-order valence-electron chi connectivity index (χ2n) is 5.30. The fraction of sp³-hybridized carbons (Fsp3) is 0.235.